The van der Waals surface area contributed by atoms with E-state index in [1.165, 1.54) is 0 Å². The highest BCUT2D eigenvalue weighted by molar-refractivity contribution is 5.85. The fourth-order valence-electron chi connectivity index (χ4n) is 1.26. The molecule has 0 aromatic heterocycles. The second-order valence-electron chi connectivity index (χ2n) is 4.70. The van der Waals surface area contributed by atoms with Gasteiger partial charge >= 0.3 is 0 Å². The van der Waals surface area contributed by atoms with Crippen LogP contribution in [0.5, 0.6) is 0 Å². The third kappa shape index (κ3) is 5.14. The number of hydrogen-bond acceptors (Lipinski definition) is 3. The largest absolute Gasteiger partial charge is 0.388 e. The minimum absolute atomic E-state index is 0.207. The zero-order valence-corrected chi connectivity index (χ0v) is 10.3. The molecule has 0 spiro atoms. The summed E-state index contributed by atoms with van der Waals surface area (Å²) in [5, 5.41) is 12.5. The SMILES string of the molecule is CCCC(C)(O)CNC(=O)C(C)(N)CC. The van der Waals surface area contributed by atoms with Crippen molar-refractivity contribution in [1.82, 2.24) is 5.32 Å². The first-order valence-corrected chi connectivity index (χ1v) is 5.54. The molecule has 0 aliphatic heterocycles. The molecule has 2 unspecified atom stereocenters. The summed E-state index contributed by atoms with van der Waals surface area (Å²) in [7, 11) is 0. The van der Waals surface area contributed by atoms with E-state index in [0.717, 1.165) is 6.42 Å². The number of nitrogens with two attached hydrogens (primary N) is 1. The van der Waals surface area contributed by atoms with E-state index >= 15 is 0 Å². The standard InChI is InChI=1S/C11H24N2O2/c1-5-7-10(3,15)8-13-9(14)11(4,12)6-2/h15H,5-8,12H2,1-4H3,(H,13,14). The van der Waals surface area contributed by atoms with Gasteiger partial charge < -0.3 is 16.2 Å². The van der Waals surface area contributed by atoms with Gasteiger partial charge in [0, 0.05) is 6.54 Å². The summed E-state index contributed by atoms with van der Waals surface area (Å²) in [6.07, 6.45) is 2.13. The van der Waals surface area contributed by atoms with E-state index in [-0.39, 0.29) is 12.5 Å². The highest BCUT2D eigenvalue weighted by Gasteiger charge is 2.28. The molecule has 90 valence electrons. The molecule has 4 N–H and O–H groups in total. The Morgan fingerprint density at radius 1 is 1.40 bits per heavy atom. The van der Waals surface area contributed by atoms with Crippen LogP contribution < -0.4 is 11.1 Å². The van der Waals surface area contributed by atoms with Gasteiger partial charge in [0.15, 0.2) is 0 Å². The Labute approximate surface area is 92.2 Å². The fraction of sp³-hybridized carbons (Fsp3) is 0.909. The van der Waals surface area contributed by atoms with Crippen molar-refractivity contribution in [3.8, 4) is 0 Å². The van der Waals surface area contributed by atoms with Gasteiger partial charge in [0.25, 0.3) is 0 Å². The van der Waals surface area contributed by atoms with E-state index in [9.17, 15) is 9.90 Å². The third-order valence-electron chi connectivity index (χ3n) is 2.67. The Balaban J connectivity index is 4.11. The molecule has 4 nitrogen and oxygen atoms in total. The molecule has 0 aliphatic rings. The Bertz CT molecular complexity index is 213. The molecule has 0 saturated heterocycles. The van der Waals surface area contributed by atoms with E-state index < -0.39 is 11.1 Å². The lowest BCUT2D eigenvalue weighted by Crippen LogP contribution is -2.54. The normalized spacial score (nSPS) is 19.1. The fourth-order valence-corrected chi connectivity index (χ4v) is 1.26. The van der Waals surface area contributed by atoms with Crippen LogP contribution in [0.3, 0.4) is 0 Å². The van der Waals surface area contributed by atoms with Gasteiger partial charge in [-0.1, -0.05) is 20.3 Å². The number of hydrogen-bond donors (Lipinski definition) is 3. The van der Waals surface area contributed by atoms with Crippen molar-refractivity contribution in [2.75, 3.05) is 6.54 Å². The lowest BCUT2D eigenvalue weighted by Gasteiger charge is -2.27. The minimum Gasteiger partial charge on any atom is -0.388 e. The lowest BCUT2D eigenvalue weighted by molar-refractivity contribution is -0.127. The summed E-state index contributed by atoms with van der Waals surface area (Å²) < 4.78 is 0. The molecular formula is C11H24N2O2. The first-order valence-electron chi connectivity index (χ1n) is 5.54. The van der Waals surface area contributed by atoms with Gasteiger partial charge in [-0.05, 0) is 26.7 Å². The van der Waals surface area contributed by atoms with Gasteiger partial charge in [-0.3, -0.25) is 4.79 Å². The van der Waals surface area contributed by atoms with Crippen molar-refractivity contribution < 1.29 is 9.90 Å². The molecule has 0 heterocycles. The van der Waals surface area contributed by atoms with Crippen LogP contribution in [-0.4, -0.2) is 28.7 Å². The summed E-state index contributed by atoms with van der Waals surface area (Å²) in [5.41, 5.74) is 4.09. The van der Waals surface area contributed by atoms with E-state index in [2.05, 4.69) is 5.32 Å². The number of aliphatic hydroxyl groups is 1. The maximum Gasteiger partial charge on any atom is 0.239 e. The highest BCUT2D eigenvalue weighted by Crippen LogP contribution is 2.11. The summed E-state index contributed by atoms with van der Waals surface area (Å²) in [6, 6.07) is 0. The monoisotopic (exact) mass is 216 g/mol. The van der Waals surface area contributed by atoms with Crippen molar-refractivity contribution in [2.24, 2.45) is 5.73 Å². The van der Waals surface area contributed by atoms with E-state index in [1.54, 1.807) is 13.8 Å². The maximum atomic E-state index is 11.6. The third-order valence-corrected chi connectivity index (χ3v) is 2.67. The molecule has 0 aliphatic carbocycles. The van der Waals surface area contributed by atoms with E-state index in [4.69, 9.17) is 5.73 Å². The quantitative estimate of drug-likeness (QED) is 0.614. The second kappa shape index (κ2) is 5.47. The first kappa shape index (κ1) is 14.4. The molecule has 0 radical (unpaired) electrons. The first-order chi connectivity index (χ1) is 6.75. The van der Waals surface area contributed by atoms with Crippen LogP contribution in [-0.2, 0) is 4.79 Å². The molecule has 0 aromatic carbocycles. The minimum atomic E-state index is -0.845. The summed E-state index contributed by atoms with van der Waals surface area (Å²) >= 11 is 0. The van der Waals surface area contributed by atoms with Gasteiger partial charge in [0.2, 0.25) is 5.91 Å². The molecule has 4 heteroatoms. The Kier molecular flexibility index (Phi) is 5.24. The van der Waals surface area contributed by atoms with E-state index in [1.807, 2.05) is 13.8 Å². The molecule has 0 saturated carbocycles. The van der Waals surface area contributed by atoms with Crippen molar-refractivity contribution in [1.29, 1.82) is 0 Å². The zero-order valence-electron chi connectivity index (χ0n) is 10.3. The van der Waals surface area contributed by atoms with E-state index in [0.29, 0.717) is 12.8 Å². The lowest BCUT2D eigenvalue weighted by atomic mass is 9.97. The Hall–Kier alpha value is -0.610. The average molecular weight is 216 g/mol. The van der Waals surface area contributed by atoms with Gasteiger partial charge in [0.1, 0.15) is 0 Å². The van der Waals surface area contributed by atoms with Crippen LogP contribution in [0.15, 0.2) is 0 Å². The second-order valence-corrected chi connectivity index (χ2v) is 4.70. The molecule has 2 atom stereocenters. The molecule has 0 fully saturated rings. The van der Waals surface area contributed by atoms with Crippen molar-refractivity contribution >= 4 is 5.91 Å². The van der Waals surface area contributed by atoms with Gasteiger partial charge in [-0.15, -0.1) is 0 Å². The molecular weight excluding hydrogens is 192 g/mol. The predicted octanol–water partition coefficient (Wildman–Crippen LogP) is 0.781. The molecule has 0 rings (SSSR count). The summed E-state index contributed by atoms with van der Waals surface area (Å²) in [6.45, 7) is 7.53. The van der Waals surface area contributed by atoms with Crippen molar-refractivity contribution in [3.05, 3.63) is 0 Å². The summed E-state index contributed by atoms with van der Waals surface area (Å²) in [5.74, 6) is -0.207. The molecule has 1 amide bonds. The number of amides is 1. The van der Waals surface area contributed by atoms with Crippen molar-refractivity contribution in [3.63, 3.8) is 0 Å². The average Bonchev–Trinajstić information content (AvgIpc) is 2.14. The number of carbonyl (C=O) groups excluding carboxylic acids is 1. The smallest absolute Gasteiger partial charge is 0.239 e. The number of carbonyl (C=O) groups is 1. The maximum absolute atomic E-state index is 11.6. The van der Waals surface area contributed by atoms with Crippen LogP contribution in [0.4, 0.5) is 0 Å². The predicted molar refractivity (Wildman–Crippen MR) is 61.4 cm³/mol. The number of rotatable bonds is 6. The molecule has 15 heavy (non-hydrogen) atoms. The van der Waals surface area contributed by atoms with Crippen LogP contribution in [0, 0.1) is 0 Å². The molecule has 0 bridgehead atoms. The van der Waals surface area contributed by atoms with Crippen LogP contribution in [0.2, 0.25) is 0 Å². The van der Waals surface area contributed by atoms with Crippen molar-refractivity contribution in [2.45, 2.75) is 58.1 Å². The topological polar surface area (TPSA) is 75.3 Å². The zero-order chi connectivity index (χ0) is 12.1. The van der Waals surface area contributed by atoms with Crippen LogP contribution in [0.25, 0.3) is 0 Å². The van der Waals surface area contributed by atoms with Gasteiger partial charge in [-0.2, -0.15) is 0 Å². The Morgan fingerprint density at radius 2 is 1.93 bits per heavy atom. The Morgan fingerprint density at radius 3 is 2.33 bits per heavy atom. The van der Waals surface area contributed by atoms with Gasteiger partial charge in [-0.25, -0.2) is 0 Å². The summed E-state index contributed by atoms with van der Waals surface area (Å²) in [4.78, 5) is 11.6. The molecule has 0 aromatic rings. The number of nitrogens with one attached hydrogen (secondary N) is 1. The van der Waals surface area contributed by atoms with Crippen LogP contribution in [0.1, 0.15) is 47.0 Å². The van der Waals surface area contributed by atoms with Crippen LogP contribution >= 0.6 is 0 Å². The van der Waals surface area contributed by atoms with Gasteiger partial charge in [0.05, 0.1) is 11.1 Å². The highest BCUT2D eigenvalue weighted by atomic mass is 16.3.